The summed E-state index contributed by atoms with van der Waals surface area (Å²) in [4.78, 5) is 24.0. The molecule has 0 unspecified atom stereocenters. The van der Waals surface area contributed by atoms with Gasteiger partial charge in [-0.2, -0.15) is 4.72 Å². The first-order valence-corrected chi connectivity index (χ1v) is 10.0. The highest BCUT2D eigenvalue weighted by molar-refractivity contribution is 7.89. The quantitative estimate of drug-likeness (QED) is 0.669. The summed E-state index contributed by atoms with van der Waals surface area (Å²) >= 11 is 5.79. The van der Waals surface area contributed by atoms with Gasteiger partial charge in [0.1, 0.15) is 0 Å². The topological polar surface area (TPSA) is 104 Å². The Morgan fingerprint density at radius 3 is 2.48 bits per heavy atom. The van der Waals surface area contributed by atoms with Gasteiger partial charge in [0.15, 0.2) is 0 Å². The molecule has 1 atom stereocenters. The zero-order chi connectivity index (χ0) is 18.4. The molecule has 0 spiro atoms. The van der Waals surface area contributed by atoms with Crippen LogP contribution in [0, 0.1) is 5.92 Å². The molecule has 138 valence electrons. The van der Waals surface area contributed by atoms with Crippen molar-refractivity contribution >= 4 is 33.4 Å². The molecule has 9 heteroatoms. The molecule has 0 saturated heterocycles. The fourth-order valence-electron chi connectivity index (χ4n) is 2.69. The molecule has 7 nitrogen and oxygen atoms in total. The second-order valence-corrected chi connectivity index (χ2v) is 8.26. The van der Waals surface area contributed by atoms with E-state index in [9.17, 15) is 18.0 Å². The molecule has 1 aliphatic carbocycles. The van der Waals surface area contributed by atoms with E-state index in [0.29, 0.717) is 0 Å². The number of sulfonamides is 1. The summed E-state index contributed by atoms with van der Waals surface area (Å²) in [5, 5.41) is 0.278. The summed E-state index contributed by atoms with van der Waals surface area (Å²) in [7, 11) is -3.89. The van der Waals surface area contributed by atoms with Gasteiger partial charge in [0.25, 0.3) is 5.91 Å². The molecule has 3 N–H and O–H groups in total. The Morgan fingerprint density at radius 1 is 1.16 bits per heavy atom. The van der Waals surface area contributed by atoms with Crippen LogP contribution in [0.1, 0.15) is 39.0 Å². The Bertz CT molecular complexity index is 733. The number of benzene rings is 1. The summed E-state index contributed by atoms with van der Waals surface area (Å²) < 4.78 is 26.7. The van der Waals surface area contributed by atoms with Gasteiger partial charge in [-0.15, -0.1) is 0 Å². The minimum Gasteiger partial charge on any atom is -0.273 e. The lowest BCUT2D eigenvalue weighted by Crippen LogP contribution is -2.52. The van der Waals surface area contributed by atoms with E-state index < -0.39 is 22.0 Å². The maximum absolute atomic E-state index is 12.2. The molecule has 1 saturated carbocycles. The van der Waals surface area contributed by atoms with Crippen LogP contribution in [0.25, 0.3) is 0 Å². The maximum Gasteiger partial charge on any atom is 0.256 e. The molecular weight excluding hydrogens is 366 g/mol. The first-order valence-electron chi connectivity index (χ1n) is 8.17. The van der Waals surface area contributed by atoms with Crippen molar-refractivity contribution in [2.45, 2.75) is 50.0 Å². The van der Waals surface area contributed by atoms with Crippen LogP contribution in [0.2, 0.25) is 5.02 Å². The molecule has 2 rings (SSSR count). The first-order chi connectivity index (χ1) is 11.8. The highest BCUT2D eigenvalue weighted by atomic mass is 35.5. The van der Waals surface area contributed by atoms with E-state index >= 15 is 0 Å². The molecule has 0 aromatic heterocycles. The molecular formula is C16H22ClN3O4S. The van der Waals surface area contributed by atoms with Crippen molar-refractivity contribution in [2.24, 2.45) is 5.92 Å². The maximum atomic E-state index is 12.2. The molecule has 0 bridgehead atoms. The summed E-state index contributed by atoms with van der Waals surface area (Å²) in [5.74, 6) is -0.986. The van der Waals surface area contributed by atoms with Gasteiger partial charge in [-0.25, -0.2) is 8.42 Å². The minimum absolute atomic E-state index is 0.0362. The van der Waals surface area contributed by atoms with Crippen LogP contribution in [0.5, 0.6) is 0 Å². The van der Waals surface area contributed by atoms with Crippen molar-refractivity contribution in [3.05, 3.63) is 29.3 Å². The number of rotatable bonds is 5. The predicted molar refractivity (Wildman–Crippen MR) is 94.1 cm³/mol. The highest BCUT2D eigenvalue weighted by Gasteiger charge is 2.24. The fourth-order valence-corrected chi connectivity index (χ4v) is 4.19. The Balaban J connectivity index is 1.88. The molecule has 1 aliphatic rings. The number of hydrogen-bond acceptors (Lipinski definition) is 4. The van der Waals surface area contributed by atoms with E-state index in [1.807, 2.05) is 0 Å². The van der Waals surface area contributed by atoms with Crippen LogP contribution in [0.4, 0.5) is 0 Å². The summed E-state index contributed by atoms with van der Waals surface area (Å²) in [5.41, 5.74) is 4.65. The first kappa shape index (κ1) is 19.7. The lowest BCUT2D eigenvalue weighted by molar-refractivity contribution is -0.132. The fraction of sp³-hybridized carbons (Fsp3) is 0.500. The number of carbonyl (C=O) groups is 2. The van der Waals surface area contributed by atoms with Gasteiger partial charge in [0.05, 0.1) is 10.9 Å². The Labute approximate surface area is 152 Å². The van der Waals surface area contributed by atoms with E-state index in [2.05, 4.69) is 15.6 Å². The van der Waals surface area contributed by atoms with Crippen LogP contribution in [0.15, 0.2) is 29.2 Å². The molecule has 1 aromatic rings. The number of carbonyl (C=O) groups excluding carboxylic acids is 2. The molecule has 0 heterocycles. The Hall–Kier alpha value is -1.64. The second-order valence-electron chi connectivity index (χ2n) is 6.11. The van der Waals surface area contributed by atoms with Gasteiger partial charge in [-0.05, 0) is 38.0 Å². The number of hydrazine groups is 1. The predicted octanol–water partition coefficient (Wildman–Crippen LogP) is 1.73. The monoisotopic (exact) mass is 387 g/mol. The van der Waals surface area contributed by atoms with Crippen LogP contribution in [-0.4, -0.2) is 26.3 Å². The van der Waals surface area contributed by atoms with Crippen molar-refractivity contribution in [3.8, 4) is 0 Å². The Morgan fingerprint density at radius 2 is 1.84 bits per heavy atom. The third kappa shape index (κ3) is 5.69. The average molecular weight is 388 g/mol. The van der Waals surface area contributed by atoms with Crippen LogP contribution >= 0.6 is 11.6 Å². The summed E-state index contributed by atoms with van der Waals surface area (Å²) in [6.45, 7) is 1.39. The third-order valence-corrected chi connectivity index (χ3v) is 5.89. The molecule has 0 aliphatic heterocycles. The minimum atomic E-state index is -3.89. The van der Waals surface area contributed by atoms with E-state index in [1.165, 1.54) is 25.1 Å². The van der Waals surface area contributed by atoms with E-state index in [4.69, 9.17) is 11.6 Å². The SMILES string of the molecule is C[C@H](NS(=O)(=O)c1cccc(Cl)c1)C(=O)NNC(=O)C1CCCCC1. The van der Waals surface area contributed by atoms with Gasteiger partial charge < -0.3 is 0 Å². The van der Waals surface area contributed by atoms with Crippen LogP contribution in [-0.2, 0) is 19.6 Å². The van der Waals surface area contributed by atoms with E-state index in [1.54, 1.807) is 6.07 Å². The molecule has 1 aromatic carbocycles. The summed E-state index contributed by atoms with van der Waals surface area (Å²) in [6, 6.07) is 4.67. The van der Waals surface area contributed by atoms with Crippen molar-refractivity contribution < 1.29 is 18.0 Å². The molecule has 25 heavy (non-hydrogen) atoms. The third-order valence-electron chi connectivity index (χ3n) is 4.12. The van der Waals surface area contributed by atoms with Crippen LogP contribution in [0.3, 0.4) is 0 Å². The van der Waals surface area contributed by atoms with Crippen LogP contribution < -0.4 is 15.6 Å². The van der Waals surface area contributed by atoms with Gasteiger partial charge in [0.2, 0.25) is 15.9 Å². The van der Waals surface area contributed by atoms with Gasteiger partial charge in [-0.3, -0.25) is 20.4 Å². The zero-order valence-electron chi connectivity index (χ0n) is 13.9. The summed E-state index contributed by atoms with van der Waals surface area (Å²) in [6.07, 6.45) is 4.74. The van der Waals surface area contributed by atoms with Crippen molar-refractivity contribution in [2.75, 3.05) is 0 Å². The largest absolute Gasteiger partial charge is 0.273 e. The normalized spacial score (nSPS) is 16.9. The molecule has 0 radical (unpaired) electrons. The van der Waals surface area contributed by atoms with Gasteiger partial charge >= 0.3 is 0 Å². The lowest BCUT2D eigenvalue weighted by atomic mass is 9.89. The van der Waals surface area contributed by atoms with Crippen molar-refractivity contribution in [1.29, 1.82) is 0 Å². The zero-order valence-corrected chi connectivity index (χ0v) is 15.5. The van der Waals surface area contributed by atoms with E-state index in [0.717, 1.165) is 32.1 Å². The number of halogens is 1. The second kappa shape index (κ2) is 8.64. The standard InChI is InChI=1S/C16H22ClN3O4S/c1-11(20-25(23,24)14-9-5-8-13(17)10-14)15(21)18-19-16(22)12-6-3-2-4-7-12/h5,8-12,20H,2-4,6-7H2,1H3,(H,18,21)(H,19,22)/t11-/m0/s1. The number of nitrogens with one attached hydrogen (secondary N) is 3. The molecule has 2 amide bonds. The van der Waals surface area contributed by atoms with Gasteiger partial charge in [-0.1, -0.05) is 36.9 Å². The van der Waals surface area contributed by atoms with Gasteiger partial charge in [0, 0.05) is 10.9 Å². The average Bonchev–Trinajstić information content (AvgIpc) is 2.59. The Kier molecular flexibility index (Phi) is 6.80. The van der Waals surface area contributed by atoms with Crippen molar-refractivity contribution in [1.82, 2.24) is 15.6 Å². The highest BCUT2D eigenvalue weighted by Crippen LogP contribution is 2.23. The van der Waals surface area contributed by atoms with E-state index in [-0.39, 0.29) is 21.7 Å². The number of amides is 2. The van der Waals surface area contributed by atoms with Crippen molar-refractivity contribution in [3.63, 3.8) is 0 Å². The smallest absolute Gasteiger partial charge is 0.256 e. The number of hydrogen-bond donors (Lipinski definition) is 3. The lowest BCUT2D eigenvalue weighted by Gasteiger charge is -2.21. The molecule has 1 fully saturated rings.